The Bertz CT molecular complexity index is 329. The zero-order chi connectivity index (χ0) is 12.2. The average Bonchev–Trinajstić information content (AvgIpc) is 2.17. The molecule has 0 fully saturated rings. The van der Waals surface area contributed by atoms with Crippen LogP contribution in [0, 0.1) is 0 Å². The van der Waals surface area contributed by atoms with Gasteiger partial charge in [0.15, 0.2) is 0 Å². The maximum absolute atomic E-state index is 12.0. The fourth-order valence-corrected chi connectivity index (χ4v) is 1.73. The van der Waals surface area contributed by atoms with Crippen molar-refractivity contribution >= 4 is 0 Å². The topological polar surface area (TPSA) is 9.23 Å². The molecule has 1 rings (SSSR count). The Labute approximate surface area is 93.2 Å². The number of ether oxygens (including phenoxy) is 1. The molecule has 0 atom stereocenters. The van der Waals surface area contributed by atoms with Gasteiger partial charge in [-0.3, -0.25) is 0 Å². The number of benzene rings is 1. The van der Waals surface area contributed by atoms with Crippen LogP contribution in [0.25, 0.3) is 0 Å². The van der Waals surface area contributed by atoms with E-state index in [0.717, 1.165) is 18.4 Å². The highest BCUT2D eigenvalue weighted by atomic mass is 19.4. The lowest BCUT2D eigenvalue weighted by Crippen LogP contribution is -2.17. The average molecular weight is 232 g/mol. The summed E-state index contributed by atoms with van der Waals surface area (Å²) in [7, 11) is 0. The summed E-state index contributed by atoms with van der Waals surface area (Å²) in [6, 6.07) is 6.21. The van der Waals surface area contributed by atoms with E-state index in [1.165, 1.54) is 12.1 Å². The molecule has 1 aromatic carbocycles. The molecule has 16 heavy (non-hydrogen) atoms. The van der Waals surface area contributed by atoms with Crippen LogP contribution in [-0.4, -0.2) is 6.36 Å². The molecular formula is C12H15F3O. The molecule has 0 aliphatic heterocycles. The van der Waals surface area contributed by atoms with Crippen molar-refractivity contribution in [1.82, 2.24) is 0 Å². The molecule has 90 valence electrons. The fourth-order valence-electron chi connectivity index (χ4n) is 1.73. The first-order valence-electron chi connectivity index (χ1n) is 5.32. The number of halogens is 3. The molecule has 0 amide bonds. The molecule has 1 nitrogen and oxygen atoms in total. The van der Waals surface area contributed by atoms with Gasteiger partial charge in [-0.05, 0) is 36.5 Å². The summed E-state index contributed by atoms with van der Waals surface area (Å²) in [5.41, 5.74) is 0.895. The van der Waals surface area contributed by atoms with Crippen molar-refractivity contribution in [3.05, 3.63) is 29.8 Å². The quantitative estimate of drug-likeness (QED) is 0.743. The van der Waals surface area contributed by atoms with Crippen LogP contribution >= 0.6 is 0 Å². The van der Waals surface area contributed by atoms with Crippen molar-refractivity contribution in [2.24, 2.45) is 0 Å². The summed E-state index contributed by atoms with van der Waals surface area (Å²) >= 11 is 0. The minimum Gasteiger partial charge on any atom is -0.406 e. The molecule has 0 bridgehead atoms. The summed E-state index contributed by atoms with van der Waals surface area (Å²) in [5.74, 6) is 0.147. The van der Waals surface area contributed by atoms with Gasteiger partial charge in [0, 0.05) is 0 Å². The van der Waals surface area contributed by atoms with E-state index in [1.54, 1.807) is 6.07 Å². The van der Waals surface area contributed by atoms with E-state index >= 15 is 0 Å². The first-order valence-corrected chi connectivity index (χ1v) is 5.32. The van der Waals surface area contributed by atoms with E-state index in [2.05, 4.69) is 4.74 Å². The lowest BCUT2D eigenvalue weighted by molar-refractivity contribution is -0.274. The van der Waals surface area contributed by atoms with Crippen LogP contribution in [0.15, 0.2) is 24.3 Å². The molecule has 0 spiro atoms. The third kappa shape index (κ3) is 3.76. The highest BCUT2D eigenvalue weighted by Crippen LogP contribution is 2.28. The molecule has 0 aliphatic carbocycles. The molecule has 0 unspecified atom stereocenters. The van der Waals surface area contributed by atoms with Gasteiger partial charge >= 0.3 is 6.36 Å². The van der Waals surface area contributed by atoms with Crippen LogP contribution in [0.4, 0.5) is 13.2 Å². The number of alkyl halides is 3. The Morgan fingerprint density at radius 3 is 2.31 bits per heavy atom. The number of hydrogen-bond donors (Lipinski definition) is 0. The molecule has 0 saturated carbocycles. The largest absolute Gasteiger partial charge is 0.573 e. The second-order valence-electron chi connectivity index (χ2n) is 3.63. The standard InChI is InChI=1S/C12H15F3O/c1-3-9(4-2)10-6-5-7-11(8-10)16-12(13,14)15/h5-9H,3-4H2,1-2H3. The smallest absolute Gasteiger partial charge is 0.406 e. The maximum Gasteiger partial charge on any atom is 0.573 e. The van der Waals surface area contributed by atoms with Crippen LogP contribution in [0.5, 0.6) is 5.75 Å². The van der Waals surface area contributed by atoms with Gasteiger partial charge in [0.05, 0.1) is 0 Å². The molecule has 4 heteroatoms. The molecule has 0 radical (unpaired) electrons. The third-order valence-electron chi connectivity index (χ3n) is 2.55. The van der Waals surface area contributed by atoms with Gasteiger partial charge in [-0.1, -0.05) is 26.0 Å². The Morgan fingerprint density at radius 2 is 1.81 bits per heavy atom. The van der Waals surface area contributed by atoms with Gasteiger partial charge in [0.1, 0.15) is 5.75 Å². The zero-order valence-corrected chi connectivity index (χ0v) is 9.34. The molecule has 0 aliphatic rings. The van der Waals surface area contributed by atoms with E-state index in [0.29, 0.717) is 0 Å². The van der Waals surface area contributed by atoms with E-state index in [-0.39, 0.29) is 11.7 Å². The van der Waals surface area contributed by atoms with Gasteiger partial charge in [0.25, 0.3) is 0 Å². The van der Waals surface area contributed by atoms with Crippen LogP contribution in [0.1, 0.15) is 38.2 Å². The summed E-state index contributed by atoms with van der Waals surface area (Å²) in [5, 5.41) is 0. The lowest BCUT2D eigenvalue weighted by atomic mass is 9.94. The fraction of sp³-hybridized carbons (Fsp3) is 0.500. The minimum absolute atomic E-state index is 0.142. The number of rotatable bonds is 4. The first-order chi connectivity index (χ1) is 7.46. The molecule has 0 aromatic heterocycles. The van der Waals surface area contributed by atoms with Crippen molar-refractivity contribution in [2.75, 3.05) is 0 Å². The Morgan fingerprint density at radius 1 is 1.19 bits per heavy atom. The van der Waals surface area contributed by atoms with Crippen LogP contribution in [0.2, 0.25) is 0 Å². The predicted octanol–water partition coefficient (Wildman–Crippen LogP) is 4.49. The van der Waals surface area contributed by atoms with Crippen molar-refractivity contribution in [3.8, 4) is 5.75 Å². The highest BCUT2D eigenvalue weighted by molar-refractivity contribution is 5.30. The molecular weight excluding hydrogens is 217 g/mol. The highest BCUT2D eigenvalue weighted by Gasteiger charge is 2.31. The minimum atomic E-state index is -4.62. The van der Waals surface area contributed by atoms with Gasteiger partial charge in [-0.25, -0.2) is 0 Å². The van der Waals surface area contributed by atoms with E-state index in [9.17, 15) is 13.2 Å². The SMILES string of the molecule is CCC(CC)c1cccc(OC(F)(F)F)c1. The lowest BCUT2D eigenvalue weighted by Gasteiger charge is -2.15. The number of hydrogen-bond acceptors (Lipinski definition) is 1. The van der Waals surface area contributed by atoms with Gasteiger partial charge < -0.3 is 4.74 Å². The van der Waals surface area contributed by atoms with E-state index in [1.807, 2.05) is 19.9 Å². The molecule has 0 heterocycles. The third-order valence-corrected chi connectivity index (χ3v) is 2.55. The van der Waals surface area contributed by atoms with Crippen LogP contribution in [0.3, 0.4) is 0 Å². The summed E-state index contributed by atoms with van der Waals surface area (Å²) in [6.07, 6.45) is -2.80. The zero-order valence-electron chi connectivity index (χ0n) is 9.34. The second kappa shape index (κ2) is 5.23. The van der Waals surface area contributed by atoms with E-state index < -0.39 is 6.36 Å². The van der Waals surface area contributed by atoms with Gasteiger partial charge in [0.2, 0.25) is 0 Å². The monoisotopic (exact) mass is 232 g/mol. The second-order valence-corrected chi connectivity index (χ2v) is 3.63. The van der Waals surface area contributed by atoms with Gasteiger partial charge in [-0.2, -0.15) is 0 Å². The van der Waals surface area contributed by atoms with Crippen LogP contribution < -0.4 is 4.74 Å². The Kier molecular flexibility index (Phi) is 4.21. The normalized spacial score (nSPS) is 11.9. The van der Waals surface area contributed by atoms with Crippen LogP contribution in [-0.2, 0) is 0 Å². The summed E-state index contributed by atoms with van der Waals surface area (Å²) in [6.45, 7) is 4.04. The molecule has 1 aromatic rings. The van der Waals surface area contributed by atoms with E-state index in [4.69, 9.17) is 0 Å². The molecule has 0 N–H and O–H groups in total. The predicted molar refractivity (Wildman–Crippen MR) is 56.4 cm³/mol. The summed E-state index contributed by atoms with van der Waals surface area (Å²) in [4.78, 5) is 0. The summed E-state index contributed by atoms with van der Waals surface area (Å²) < 4.78 is 39.9. The molecule has 0 saturated heterocycles. The Hall–Kier alpha value is -1.19. The van der Waals surface area contributed by atoms with Crippen molar-refractivity contribution in [1.29, 1.82) is 0 Å². The maximum atomic E-state index is 12.0. The van der Waals surface area contributed by atoms with Crippen molar-refractivity contribution < 1.29 is 17.9 Å². The Balaban J connectivity index is 2.86. The van der Waals surface area contributed by atoms with Crippen molar-refractivity contribution in [2.45, 2.75) is 39.0 Å². The first kappa shape index (κ1) is 12.9. The van der Waals surface area contributed by atoms with Gasteiger partial charge in [-0.15, -0.1) is 13.2 Å². The van der Waals surface area contributed by atoms with Crippen molar-refractivity contribution in [3.63, 3.8) is 0 Å².